The van der Waals surface area contributed by atoms with Gasteiger partial charge >= 0.3 is 0 Å². The Morgan fingerprint density at radius 1 is 1.14 bits per heavy atom. The molecule has 0 bridgehead atoms. The van der Waals surface area contributed by atoms with Crippen LogP contribution in [0, 0.1) is 0 Å². The van der Waals surface area contributed by atoms with Crippen LogP contribution in [-0.4, -0.2) is 54.3 Å². The Morgan fingerprint density at radius 2 is 1.86 bits per heavy atom. The molecule has 2 aromatic heterocycles. The van der Waals surface area contributed by atoms with Gasteiger partial charge in [0.1, 0.15) is 9.90 Å². The van der Waals surface area contributed by atoms with Crippen molar-refractivity contribution in [2.75, 3.05) is 26.2 Å². The number of hydrogen-bond donors (Lipinski definition) is 0. The highest BCUT2D eigenvalue weighted by molar-refractivity contribution is 7.91. The van der Waals surface area contributed by atoms with Crippen LogP contribution in [0.1, 0.15) is 10.5 Å². The molecule has 8 heteroatoms. The van der Waals surface area contributed by atoms with Gasteiger partial charge in [-0.15, -0.1) is 11.3 Å². The zero-order chi connectivity index (χ0) is 15.7. The number of carbonyl (C=O) groups is 1. The molecule has 22 heavy (non-hydrogen) atoms. The summed E-state index contributed by atoms with van der Waals surface area (Å²) in [6.45, 7) is 1.48. The summed E-state index contributed by atoms with van der Waals surface area (Å²) in [4.78, 5) is 14.1. The zero-order valence-corrected chi connectivity index (χ0v) is 13.8. The third-order valence-corrected chi connectivity index (χ3v) is 7.05. The van der Waals surface area contributed by atoms with Crippen LogP contribution in [0.5, 0.6) is 0 Å². The van der Waals surface area contributed by atoms with Gasteiger partial charge in [0.25, 0.3) is 15.9 Å². The summed E-state index contributed by atoms with van der Waals surface area (Å²) in [6, 6.07) is 6.94. The molecule has 0 spiro atoms. The summed E-state index contributed by atoms with van der Waals surface area (Å²) in [5.74, 6) is -0.0549. The van der Waals surface area contributed by atoms with Gasteiger partial charge in [0.15, 0.2) is 0 Å². The number of piperazine rings is 1. The molecule has 0 saturated carbocycles. The summed E-state index contributed by atoms with van der Waals surface area (Å²) >= 11 is 1.22. The highest BCUT2D eigenvalue weighted by Gasteiger charge is 2.31. The SMILES string of the molecule is Cn1cccc1C(=O)N1CCN(S(=O)(=O)c2cccs2)CC1. The maximum atomic E-state index is 12.4. The first kappa shape index (κ1) is 15.3. The lowest BCUT2D eigenvalue weighted by Crippen LogP contribution is -2.50. The molecule has 3 rings (SSSR count). The molecule has 0 atom stereocenters. The maximum Gasteiger partial charge on any atom is 0.270 e. The van der Waals surface area contributed by atoms with Gasteiger partial charge in [-0.3, -0.25) is 4.79 Å². The predicted molar refractivity (Wildman–Crippen MR) is 84.4 cm³/mol. The van der Waals surface area contributed by atoms with Crippen molar-refractivity contribution >= 4 is 27.3 Å². The molecule has 0 radical (unpaired) electrons. The number of thiophene rings is 1. The smallest absolute Gasteiger partial charge is 0.270 e. The van der Waals surface area contributed by atoms with Crippen LogP contribution in [-0.2, 0) is 17.1 Å². The average molecular weight is 339 g/mol. The summed E-state index contributed by atoms with van der Waals surface area (Å²) in [6.07, 6.45) is 1.82. The third kappa shape index (κ3) is 2.69. The number of hydrogen-bond acceptors (Lipinski definition) is 4. The molecule has 118 valence electrons. The fraction of sp³-hybridized carbons (Fsp3) is 0.357. The van der Waals surface area contributed by atoms with Crippen molar-refractivity contribution in [3.05, 3.63) is 41.5 Å². The maximum absolute atomic E-state index is 12.4. The Morgan fingerprint density at radius 3 is 2.41 bits per heavy atom. The van der Waals surface area contributed by atoms with E-state index in [0.717, 1.165) is 0 Å². The summed E-state index contributed by atoms with van der Waals surface area (Å²) < 4.78 is 28.5. The molecule has 0 aromatic carbocycles. The van der Waals surface area contributed by atoms with E-state index in [9.17, 15) is 13.2 Å². The van der Waals surface area contributed by atoms with E-state index in [-0.39, 0.29) is 5.91 Å². The average Bonchev–Trinajstić information content (AvgIpc) is 3.18. The molecule has 3 heterocycles. The minimum absolute atomic E-state index is 0.0549. The normalized spacial score (nSPS) is 16.9. The second-order valence-corrected chi connectivity index (χ2v) is 8.25. The molecule has 2 aromatic rings. The molecule has 6 nitrogen and oxygen atoms in total. The van der Waals surface area contributed by atoms with Crippen LogP contribution in [0.4, 0.5) is 0 Å². The Kier molecular flexibility index (Phi) is 4.07. The van der Waals surface area contributed by atoms with E-state index in [2.05, 4.69) is 0 Å². The summed E-state index contributed by atoms with van der Waals surface area (Å²) in [7, 11) is -1.60. The van der Waals surface area contributed by atoms with Crippen LogP contribution < -0.4 is 0 Å². The Balaban J connectivity index is 1.68. The van der Waals surface area contributed by atoms with E-state index in [4.69, 9.17) is 0 Å². The predicted octanol–water partition coefficient (Wildman–Crippen LogP) is 1.23. The van der Waals surface area contributed by atoms with Crippen LogP contribution in [0.3, 0.4) is 0 Å². The Labute approximate surface area is 133 Å². The van der Waals surface area contributed by atoms with Crippen molar-refractivity contribution in [2.24, 2.45) is 7.05 Å². The number of nitrogens with zero attached hydrogens (tertiary/aromatic N) is 3. The number of rotatable bonds is 3. The minimum atomic E-state index is -3.42. The van der Waals surface area contributed by atoms with Gasteiger partial charge in [0.05, 0.1) is 0 Å². The van der Waals surface area contributed by atoms with E-state index in [1.807, 2.05) is 19.3 Å². The Hall–Kier alpha value is -1.64. The molecular formula is C14H17N3O3S2. The standard InChI is InChI=1S/C14H17N3O3S2/c1-15-6-2-4-12(15)14(18)16-7-9-17(10-8-16)22(19,20)13-5-3-11-21-13/h2-6,11H,7-10H2,1H3. The molecule has 0 aliphatic carbocycles. The third-order valence-electron chi connectivity index (χ3n) is 3.78. The van der Waals surface area contributed by atoms with Gasteiger partial charge < -0.3 is 9.47 Å². The van der Waals surface area contributed by atoms with Crippen molar-refractivity contribution in [3.8, 4) is 0 Å². The van der Waals surface area contributed by atoms with Crippen molar-refractivity contribution < 1.29 is 13.2 Å². The summed E-state index contributed by atoms with van der Waals surface area (Å²) in [5.41, 5.74) is 0.620. The first-order valence-corrected chi connectivity index (χ1v) is 9.26. The van der Waals surface area contributed by atoms with E-state index < -0.39 is 10.0 Å². The molecule has 1 saturated heterocycles. The van der Waals surface area contributed by atoms with Crippen molar-refractivity contribution in [1.82, 2.24) is 13.8 Å². The number of carbonyl (C=O) groups excluding carboxylic acids is 1. The summed E-state index contributed by atoms with van der Waals surface area (Å²) in [5, 5.41) is 1.75. The van der Waals surface area contributed by atoms with Crippen LogP contribution in [0.15, 0.2) is 40.1 Å². The number of sulfonamides is 1. The molecular weight excluding hydrogens is 322 g/mol. The highest BCUT2D eigenvalue weighted by Crippen LogP contribution is 2.22. The Bertz CT molecular complexity index is 757. The zero-order valence-electron chi connectivity index (χ0n) is 12.2. The van der Waals surface area contributed by atoms with Crippen molar-refractivity contribution in [1.29, 1.82) is 0 Å². The largest absolute Gasteiger partial charge is 0.347 e. The van der Waals surface area contributed by atoms with Gasteiger partial charge in [-0.05, 0) is 23.6 Å². The topological polar surface area (TPSA) is 62.6 Å². The molecule has 0 N–H and O–H groups in total. The quantitative estimate of drug-likeness (QED) is 0.845. The molecule has 1 fully saturated rings. The van der Waals surface area contributed by atoms with E-state index in [1.54, 1.807) is 33.0 Å². The van der Waals surface area contributed by atoms with Gasteiger partial charge in [-0.1, -0.05) is 6.07 Å². The molecule has 1 aliphatic heterocycles. The monoisotopic (exact) mass is 339 g/mol. The second kappa shape index (κ2) is 5.86. The lowest BCUT2D eigenvalue weighted by molar-refractivity contribution is 0.0688. The first-order chi connectivity index (χ1) is 10.5. The lowest BCUT2D eigenvalue weighted by Gasteiger charge is -2.33. The molecule has 0 unspecified atom stereocenters. The van der Waals surface area contributed by atoms with Crippen LogP contribution >= 0.6 is 11.3 Å². The number of aryl methyl sites for hydroxylation is 1. The highest BCUT2D eigenvalue weighted by atomic mass is 32.2. The van der Waals surface area contributed by atoms with Crippen molar-refractivity contribution in [2.45, 2.75) is 4.21 Å². The van der Waals surface area contributed by atoms with Gasteiger partial charge in [-0.25, -0.2) is 8.42 Å². The van der Waals surface area contributed by atoms with Crippen molar-refractivity contribution in [3.63, 3.8) is 0 Å². The van der Waals surface area contributed by atoms with Gasteiger partial charge in [0.2, 0.25) is 0 Å². The van der Waals surface area contributed by atoms with E-state index in [0.29, 0.717) is 36.1 Å². The lowest BCUT2D eigenvalue weighted by atomic mass is 10.3. The minimum Gasteiger partial charge on any atom is -0.347 e. The first-order valence-electron chi connectivity index (χ1n) is 6.94. The van der Waals surface area contributed by atoms with E-state index >= 15 is 0 Å². The number of amides is 1. The second-order valence-electron chi connectivity index (χ2n) is 5.13. The van der Waals surface area contributed by atoms with Gasteiger partial charge in [0, 0.05) is 39.4 Å². The fourth-order valence-corrected chi connectivity index (χ4v) is 5.08. The van der Waals surface area contributed by atoms with Crippen LogP contribution in [0.25, 0.3) is 0 Å². The van der Waals surface area contributed by atoms with E-state index in [1.165, 1.54) is 15.6 Å². The molecule has 1 amide bonds. The van der Waals surface area contributed by atoms with Crippen LogP contribution in [0.2, 0.25) is 0 Å². The number of aromatic nitrogens is 1. The molecule has 1 aliphatic rings. The van der Waals surface area contributed by atoms with Gasteiger partial charge in [-0.2, -0.15) is 4.31 Å². The fourth-order valence-electron chi connectivity index (χ4n) is 2.51.